The van der Waals surface area contributed by atoms with Crippen LogP contribution in [0.2, 0.25) is 5.02 Å². The Morgan fingerprint density at radius 3 is 2.35 bits per heavy atom. The van der Waals surface area contributed by atoms with Crippen molar-refractivity contribution in [2.75, 3.05) is 18.1 Å². The number of hydrazone groups is 1. The van der Waals surface area contributed by atoms with Gasteiger partial charge in [-0.15, -0.1) is 0 Å². The molecule has 0 amide bonds. The minimum absolute atomic E-state index is 0.130. The lowest BCUT2D eigenvalue weighted by atomic mass is 10.0. The fourth-order valence-corrected chi connectivity index (χ4v) is 5.63. The van der Waals surface area contributed by atoms with Gasteiger partial charge < -0.3 is 0 Å². The van der Waals surface area contributed by atoms with Gasteiger partial charge in [0.15, 0.2) is 0 Å². The molecule has 1 aromatic carbocycles. The quantitative estimate of drug-likeness (QED) is 0.401. The van der Waals surface area contributed by atoms with Gasteiger partial charge in [0.2, 0.25) is 10.0 Å². The minimum atomic E-state index is -5.81. The molecule has 1 unspecified atom stereocenters. The molecule has 0 radical (unpaired) electrons. The molecule has 0 bridgehead atoms. The molecule has 37 heavy (non-hydrogen) atoms. The summed E-state index contributed by atoms with van der Waals surface area (Å²) in [5.74, 6) is -5.13. The zero-order valence-electron chi connectivity index (χ0n) is 19.9. The molecular formula is C24H24ClF5N4O2S. The van der Waals surface area contributed by atoms with E-state index in [1.54, 1.807) is 44.2 Å². The summed E-state index contributed by atoms with van der Waals surface area (Å²) in [5, 5.41) is 4.30. The van der Waals surface area contributed by atoms with Crippen LogP contribution in [0.1, 0.15) is 44.1 Å². The molecule has 2 aliphatic heterocycles. The first-order valence-corrected chi connectivity index (χ1v) is 13.3. The fourth-order valence-electron chi connectivity index (χ4n) is 4.18. The molecule has 0 aliphatic carbocycles. The molecule has 4 rings (SSSR count). The average molecular weight is 563 g/mol. The average Bonchev–Trinajstić information content (AvgIpc) is 3.30. The number of halogens is 6. The van der Waals surface area contributed by atoms with Gasteiger partial charge in [0.25, 0.3) is 0 Å². The van der Waals surface area contributed by atoms with Crippen LogP contribution < -0.4 is 5.01 Å². The van der Waals surface area contributed by atoms with E-state index in [0.717, 1.165) is 10.6 Å². The summed E-state index contributed by atoms with van der Waals surface area (Å²) in [4.78, 5) is 4.56. The highest BCUT2D eigenvalue weighted by Gasteiger charge is 2.63. The summed E-state index contributed by atoms with van der Waals surface area (Å²) in [7, 11) is -3.43. The minimum Gasteiger partial charge on any atom is -0.254 e. The van der Waals surface area contributed by atoms with Crippen LogP contribution in [0.15, 0.2) is 53.6 Å². The van der Waals surface area contributed by atoms with Gasteiger partial charge in [0.1, 0.15) is 11.8 Å². The van der Waals surface area contributed by atoms with Crippen molar-refractivity contribution in [3.05, 3.63) is 65.0 Å². The number of alkyl halides is 5. The Labute approximate surface area is 216 Å². The lowest BCUT2D eigenvalue weighted by molar-refractivity contribution is -0.249. The fraction of sp³-hybridized carbons (Fsp3) is 0.417. The normalized spacial score (nSPS) is 19.8. The van der Waals surface area contributed by atoms with Gasteiger partial charge in [0.05, 0.1) is 27.3 Å². The van der Waals surface area contributed by atoms with E-state index >= 15 is 0 Å². The number of nitrogens with zero attached hydrogens (tertiary/aromatic N) is 4. The highest BCUT2D eigenvalue weighted by molar-refractivity contribution is 7.89. The van der Waals surface area contributed by atoms with E-state index in [4.69, 9.17) is 11.6 Å². The lowest BCUT2D eigenvalue weighted by Gasteiger charge is -2.28. The predicted octanol–water partition coefficient (Wildman–Crippen LogP) is 6.07. The van der Waals surface area contributed by atoms with Crippen LogP contribution in [0, 0.1) is 0 Å². The first-order valence-electron chi connectivity index (χ1n) is 11.4. The molecule has 6 nitrogen and oxygen atoms in total. The van der Waals surface area contributed by atoms with Crippen LogP contribution in [0.5, 0.6) is 0 Å². The number of hydrogen-bond donors (Lipinski definition) is 0. The second kappa shape index (κ2) is 9.95. The molecule has 0 saturated heterocycles. The van der Waals surface area contributed by atoms with E-state index in [9.17, 15) is 30.4 Å². The monoisotopic (exact) mass is 562 g/mol. The molecule has 200 valence electrons. The van der Waals surface area contributed by atoms with Crippen LogP contribution in [-0.4, -0.2) is 53.9 Å². The van der Waals surface area contributed by atoms with Crippen molar-refractivity contribution >= 4 is 38.6 Å². The van der Waals surface area contributed by atoms with E-state index in [-0.39, 0.29) is 29.5 Å². The zero-order chi connectivity index (χ0) is 27.2. The van der Waals surface area contributed by atoms with Crippen LogP contribution >= 0.6 is 11.6 Å². The molecular weight excluding hydrogens is 539 g/mol. The number of para-hydroxylation sites is 1. The highest BCUT2D eigenvalue weighted by Crippen LogP contribution is 2.45. The third kappa shape index (κ3) is 5.23. The SMILES string of the molecule is CC(C)S(=O)(=O)N1CC=C(c2cccc(C3CC(C(F)(F)C(F)(F)F)=NN3c3ccccc3Cl)n2)CC1. The summed E-state index contributed by atoms with van der Waals surface area (Å²) in [6, 6.07) is 9.90. The zero-order valence-corrected chi connectivity index (χ0v) is 21.5. The first-order chi connectivity index (χ1) is 17.2. The van der Waals surface area contributed by atoms with E-state index < -0.39 is 45.5 Å². The van der Waals surface area contributed by atoms with E-state index in [2.05, 4.69) is 10.1 Å². The topological polar surface area (TPSA) is 65.9 Å². The Morgan fingerprint density at radius 2 is 1.76 bits per heavy atom. The van der Waals surface area contributed by atoms with Crippen molar-refractivity contribution in [1.29, 1.82) is 0 Å². The maximum absolute atomic E-state index is 14.3. The Balaban J connectivity index is 1.68. The summed E-state index contributed by atoms with van der Waals surface area (Å²) in [6.45, 7) is 3.61. The lowest BCUT2D eigenvalue weighted by Crippen LogP contribution is -2.43. The summed E-state index contributed by atoms with van der Waals surface area (Å²) < 4.78 is 94.3. The standard InChI is InChI=1S/C24H24ClF5N4O2S/c1-15(2)37(35,36)33-12-10-16(11-13-33)18-7-5-8-19(31-18)21-14-22(23(26,27)24(28,29)30)32-34(21)20-9-4-3-6-17(20)25/h3-10,15,21H,11-14H2,1-2H3. The number of rotatable bonds is 6. The molecule has 1 aromatic heterocycles. The summed E-state index contributed by atoms with van der Waals surface area (Å²) >= 11 is 6.23. The number of aromatic nitrogens is 1. The van der Waals surface area contributed by atoms with Crippen molar-refractivity contribution in [2.45, 2.75) is 50.1 Å². The smallest absolute Gasteiger partial charge is 0.254 e. The Kier molecular flexibility index (Phi) is 7.39. The van der Waals surface area contributed by atoms with Gasteiger partial charge in [0, 0.05) is 19.5 Å². The third-order valence-electron chi connectivity index (χ3n) is 6.30. The molecule has 2 aliphatic rings. The van der Waals surface area contributed by atoms with Crippen LogP contribution in [0.3, 0.4) is 0 Å². The van der Waals surface area contributed by atoms with Crippen molar-refractivity contribution in [1.82, 2.24) is 9.29 Å². The predicted molar refractivity (Wildman–Crippen MR) is 132 cm³/mol. The molecule has 0 spiro atoms. The third-order valence-corrected chi connectivity index (χ3v) is 8.86. The molecule has 0 fully saturated rings. The Morgan fingerprint density at radius 1 is 1.05 bits per heavy atom. The van der Waals surface area contributed by atoms with Crippen molar-refractivity contribution in [3.63, 3.8) is 0 Å². The van der Waals surface area contributed by atoms with Gasteiger partial charge in [-0.2, -0.15) is 31.4 Å². The molecule has 0 saturated carbocycles. The molecule has 1 atom stereocenters. The highest BCUT2D eigenvalue weighted by atomic mass is 35.5. The Bertz CT molecular complexity index is 1340. The molecule has 3 heterocycles. The Hall–Kier alpha value is -2.57. The van der Waals surface area contributed by atoms with Gasteiger partial charge >= 0.3 is 12.1 Å². The number of benzene rings is 1. The summed E-state index contributed by atoms with van der Waals surface area (Å²) in [6.07, 6.45) is -4.42. The van der Waals surface area contributed by atoms with Crippen LogP contribution in [0.4, 0.5) is 27.6 Å². The van der Waals surface area contributed by atoms with Gasteiger partial charge in [-0.3, -0.25) is 9.99 Å². The second-order valence-electron chi connectivity index (χ2n) is 9.01. The van der Waals surface area contributed by atoms with Crippen molar-refractivity contribution in [2.24, 2.45) is 5.10 Å². The van der Waals surface area contributed by atoms with E-state index in [0.29, 0.717) is 12.1 Å². The number of sulfonamides is 1. The first kappa shape index (κ1) is 27.5. The van der Waals surface area contributed by atoms with Crippen LogP contribution in [0.25, 0.3) is 5.57 Å². The second-order valence-corrected chi connectivity index (χ2v) is 11.9. The molecule has 0 N–H and O–H groups in total. The van der Waals surface area contributed by atoms with Gasteiger partial charge in [-0.25, -0.2) is 8.42 Å². The van der Waals surface area contributed by atoms with Gasteiger partial charge in [-0.05, 0) is 50.1 Å². The number of pyridine rings is 1. The van der Waals surface area contributed by atoms with E-state index in [1.165, 1.54) is 22.5 Å². The van der Waals surface area contributed by atoms with E-state index in [1.807, 2.05) is 0 Å². The van der Waals surface area contributed by atoms with Crippen molar-refractivity contribution in [3.8, 4) is 0 Å². The van der Waals surface area contributed by atoms with Crippen LogP contribution in [-0.2, 0) is 10.0 Å². The number of anilines is 1. The molecule has 13 heteroatoms. The summed E-state index contributed by atoms with van der Waals surface area (Å²) in [5.41, 5.74) is 0.298. The van der Waals surface area contributed by atoms with Gasteiger partial charge in [-0.1, -0.05) is 35.9 Å². The molecule has 2 aromatic rings. The maximum Gasteiger partial charge on any atom is 0.459 e. The maximum atomic E-state index is 14.3. The van der Waals surface area contributed by atoms with Crippen molar-refractivity contribution < 1.29 is 30.4 Å². The largest absolute Gasteiger partial charge is 0.459 e. The number of hydrogen-bond acceptors (Lipinski definition) is 5.